The van der Waals surface area contributed by atoms with Crippen molar-refractivity contribution in [2.45, 2.75) is 6.04 Å². The van der Waals surface area contributed by atoms with Crippen LogP contribution in [0.2, 0.25) is 5.02 Å². The molecule has 0 saturated carbocycles. The molecule has 0 fully saturated rings. The summed E-state index contributed by atoms with van der Waals surface area (Å²) in [5, 5.41) is 11.9. The zero-order valence-corrected chi connectivity index (χ0v) is 9.59. The van der Waals surface area contributed by atoms with Crippen LogP contribution >= 0.6 is 11.6 Å². The first-order valence-corrected chi connectivity index (χ1v) is 5.07. The molecule has 1 unspecified atom stereocenters. The molecule has 6 heteroatoms. The Morgan fingerprint density at radius 2 is 2.31 bits per heavy atom. The summed E-state index contributed by atoms with van der Waals surface area (Å²) in [6.07, 6.45) is 0. The number of nitrogen functional groups attached to an aromatic ring is 1. The molecule has 1 rings (SSSR count). The molecule has 0 aromatic heterocycles. The van der Waals surface area contributed by atoms with E-state index in [2.05, 4.69) is 5.32 Å². The number of hydrogen-bond donors (Lipinski definition) is 3. The Morgan fingerprint density at radius 3 is 2.88 bits per heavy atom. The molecule has 1 atom stereocenters. The van der Waals surface area contributed by atoms with Crippen molar-refractivity contribution < 1.29 is 14.2 Å². The van der Waals surface area contributed by atoms with Crippen LogP contribution < -0.4 is 11.1 Å². The van der Waals surface area contributed by atoms with E-state index in [1.165, 1.54) is 19.2 Å². The lowest BCUT2D eigenvalue weighted by atomic mass is 10.2. The molecule has 0 aliphatic carbocycles. The standard InChI is InChI=1S/C10H14ClFN2O2/c1-16-5-6(4-15)14-10-3-8(12)7(11)2-9(10)13/h2-3,6,14-15H,4-5,13H2,1H3. The Hall–Kier alpha value is -1.04. The van der Waals surface area contributed by atoms with E-state index >= 15 is 0 Å². The van der Waals surface area contributed by atoms with Gasteiger partial charge in [0.2, 0.25) is 0 Å². The van der Waals surface area contributed by atoms with Crippen LogP contribution in [0.15, 0.2) is 12.1 Å². The predicted molar refractivity (Wildman–Crippen MR) is 62.2 cm³/mol. The molecule has 4 N–H and O–H groups in total. The molecule has 0 aliphatic rings. The van der Waals surface area contributed by atoms with Gasteiger partial charge in [-0.3, -0.25) is 0 Å². The number of rotatable bonds is 5. The van der Waals surface area contributed by atoms with Crippen LogP contribution in [0, 0.1) is 5.82 Å². The second-order valence-electron chi connectivity index (χ2n) is 3.33. The van der Waals surface area contributed by atoms with Crippen molar-refractivity contribution in [1.82, 2.24) is 0 Å². The number of aliphatic hydroxyl groups is 1. The van der Waals surface area contributed by atoms with Crippen LogP contribution in [0.25, 0.3) is 0 Å². The quantitative estimate of drug-likeness (QED) is 0.691. The van der Waals surface area contributed by atoms with Gasteiger partial charge in [-0.1, -0.05) is 11.6 Å². The molecular formula is C10H14ClFN2O2. The van der Waals surface area contributed by atoms with Crippen LogP contribution in [-0.2, 0) is 4.74 Å². The van der Waals surface area contributed by atoms with Gasteiger partial charge in [-0.05, 0) is 6.07 Å². The van der Waals surface area contributed by atoms with Gasteiger partial charge in [0.05, 0.1) is 35.7 Å². The number of nitrogens with one attached hydrogen (secondary N) is 1. The predicted octanol–water partition coefficient (Wildman–Crippen LogP) is 1.48. The van der Waals surface area contributed by atoms with Crippen molar-refractivity contribution in [1.29, 1.82) is 0 Å². The molecule has 0 radical (unpaired) electrons. The van der Waals surface area contributed by atoms with Gasteiger partial charge in [-0.2, -0.15) is 0 Å². The minimum atomic E-state index is -0.563. The molecule has 0 saturated heterocycles. The highest BCUT2D eigenvalue weighted by atomic mass is 35.5. The average molecular weight is 249 g/mol. The van der Waals surface area contributed by atoms with Crippen molar-refractivity contribution in [2.24, 2.45) is 0 Å². The molecule has 0 bridgehead atoms. The third-order valence-corrected chi connectivity index (χ3v) is 2.33. The van der Waals surface area contributed by atoms with Gasteiger partial charge < -0.3 is 20.9 Å². The number of nitrogens with two attached hydrogens (primary N) is 1. The average Bonchev–Trinajstić information content (AvgIpc) is 2.25. The highest BCUT2D eigenvalue weighted by Crippen LogP contribution is 2.26. The van der Waals surface area contributed by atoms with Crippen molar-refractivity contribution in [3.63, 3.8) is 0 Å². The normalized spacial score (nSPS) is 12.5. The molecule has 1 aromatic carbocycles. The summed E-state index contributed by atoms with van der Waals surface area (Å²) in [5.41, 5.74) is 6.36. The van der Waals surface area contributed by atoms with Gasteiger partial charge in [0.15, 0.2) is 0 Å². The van der Waals surface area contributed by atoms with Crippen LogP contribution in [0.5, 0.6) is 0 Å². The van der Waals surface area contributed by atoms with Crippen molar-refractivity contribution >= 4 is 23.0 Å². The first-order valence-electron chi connectivity index (χ1n) is 4.69. The molecule has 0 spiro atoms. The zero-order valence-electron chi connectivity index (χ0n) is 8.84. The number of aliphatic hydroxyl groups excluding tert-OH is 1. The molecule has 90 valence electrons. The topological polar surface area (TPSA) is 67.5 Å². The molecule has 0 amide bonds. The Morgan fingerprint density at radius 1 is 1.62 bits per heavy atom. The summed E-state index contributed by atoms with van der Waals surface area (Å²) in [7, 11) is 1.51. The minimum absolute atomic E-state index is 0.0321. The van der Waals surface area contributed by atoms with E-state index in [0.29, 0.717) is 18.0 Å². The van der Waals surface area contributed by atoms with Crippen LogP contribution in [-0.4, -0.2) is 31.5 Å². The maximum Gasteiger partial charge on any atom is 0.143 e. The van der Waals surface area contributed by atoms with Gasteiger partial charge in [-0.25, -0.2) is 4.39 Å². The Kier molecular flexibility index (Phi) is 4.79. The Bertz CT molecular complexity index is 363. The maximum atomic E-state index is 13.2. The highest BCUT2D eigenvalue weighted by Gasteiger charge is 2.11. The van der Waals surface area contributed by atoms with Gasteiger partial charge >= 0.3 is 0 Å². The summed E-state index contributed by atoms with van der Waals surface area (Å²) in [6.45, 7) is 0.151. The van der Waals surface area contributed by atoms with Crippen LogP contribution in [0.4, 0.5) is 15.8 Å². The van der Waals surface area contributed by atoms with Gasteiger partial charge in [-0.15, -0.1) is 0 Å². The van der Waals surface area contributed by atoms with Crippen molar-refractivity contribution in [2.75, 3.05) is 31.4 Å². The SMILES string of the molecule is COCC(CO)Nc1cc(F)c(Cl)cc1N. The number of methoxy groups -OCH3 is 1. The van der Waals surface area contributed by atoms with Gasteiger partial charge in [0, 0.05) is 13.2 Å². The fourth-order valence-corrected chi connectivity index (χ4v) is 1.42. The Labute approximate surface area is 98.2 Å². The number of halogens is 2. The number of benzene rings is 1. The summed E-state index contributed by atoms with van der Waals surface area (Å²) < 4.78 is 18.1. The fourth-order valence-electron chi connectivity index (χ4n) is 1.25. The number of ether oxygens (including phenoxy) is 1. The summed E-state index contributed by atoms with van der Waals surface area (Å²) in [4.78, 5) is 0. The first-order chi connectivity index (χ1) is 7.58. The summed E-state index contributed by atoms with van der Waals surface area (Å²) >= 11 is 5.56. The lowest BCUT2D eigenvalue weighted by Gasteiger charge is -2.18. The maximum absolute atomic E-state index is 13.2. The van der Waals surface area contributed by atoms with E-state index in [1.54, 1.807) is 0 Å². The molecule has 0 heterocycles. The Balaban J connectivity index is 2.83. The third-order valence-electron chi connectivity index (χ3n) is 2.04. The summed E-state index contributed by atoms with van der Waals surface area (Å²) in [6, 6.07) is 2.17. The molecule has 0 aliphatic heterocycles. The monoisotopic (exact) mass is 248 g/mol. The van der Waals surface area contributed by atoms with E-state index in [4.69, 9.17) is 27.2 Å². The third kappa shape index (κ3) is 3.23. The van der Waals surface area contributed by atoms with Crippen LogP contribution in [0.3, 0.4) is 0 Å². The smallest absolute Gasteiger partial charge is 0.143 e. The van der Waals surface area contributed by atoms with E-state index in [-0.39, 0.29) is 17.7 Å². The minimum Gasteiger partial charge on any atom is -0.397 e. The van der Waals surface area contributed by atoms with E-state index in [1.807, 2.05) is 0 Å². The van der Waals surface area contributed by atoms with Gasteiger partial charge in [0.1, 0.15) is 5.82 Å². The summed E-state index contributed by atoms with van der Waals surface area (Å²) in [5.74, 6) is -0.563. The largest absolute Gasteiger partial charge is 0.397 e. The van der Waals surface area contributed by atoms with E-state index in [9.17, 15) is 4.39 Å². The molecular weight excluding hydrogens is 235 g/mol. The van der Waals surface area contributed by atoms with Crippen molar-refractivity contribution in [3.05, 3.63) is 23.0 Å². The van der Waals surface area contributed by atoms with E-state index in [0.717, 1.165) is 0 Å². The number of hydrogen-bond acceptors (Lipinski definition) is 4. The fraction of sp³-hybridized carbons (Fsp3) is 0.400. The molecule has 16 heavy (non-hydrogen) atoms. The van der Waals surface area contributed by atoms with E-state index < -0.39 is 5.82 Å². The second kappa shape index (κ2) is 5.89. The van der Waals surface area contributed by atoms with Gasteiger partial charge in [0.25, 0.3) is 0 Å². The first kappa shape index (κ1) is 13.0. The lowest BCUT2D eigenvalue weighted by molar-refractivity contribution is 0.153. The molecule has 1 aromatic rings. The lowest BCUT2D eigenvalue weighted by Crippen LogP contribution is -2.29. The molecule has 4 nitrogen and oxygen atoms in total. The zero-order chi connectivity index (χ0) is 12.1. The van der Waals surface area contributed by atoms with Crippen molar-refractivity contribution in [3.8, 4) is 0 Å². The van der Waals surface area contributed by atoms with Crippen LogP contribution in [0.1, 0.15) is 0 Å². The highest BCUT2D eigenvalue weighted by molar-refractivity contribution is 6.31. The number of anilines is 2. The second-order valence-corrected chi connectivity index (χ2v) is 3.74.